The Morgan fingerprint density at radius 3 is 1.94 bits per heavy atom. The number of hydrogen-bond acceptors (Lipinski definition) is 3. The van der Waals surface area contributed by atoms with E-state index in [1.165, 1.54) is 32.2 Å². The number of amides is 1. The lowest BCUT2D eigenvalue weighted by molar-refractivity contribution is -0.143. The fourth-order valence-corrected chi connectivity index (χ4v) is 5.64. The number of nitriles is 1. The molecule has 0 saturated heterocycles. The van der Waals surface area contributed by atoms with E-state index in [1.807, 2.05) is 25.1 Å². The van der Waals surface area contributed by atoms with E-state index in [2.05, 4.69) is 15.9 Å². The molecule has 1 heterocycles. The lowest BCUT2D eigenvalue weighted by atomic mass is 9.81. The smallest absolute Gasteiger partial charge is 0.312 e. The van der Waals surface area contributed by atoms with Crippen molar-refractivity contribution in [3.05, 3.63) is 74.1 Å². The van der Waals surface area contributed by atoms with Crippen LogP contribution in [-0.4, -0.2) is 13.0 Å². The number of nitrogens with zero attached hydrogens (tertiary/aromatic N) is 2. The van der Waals surface area contributed by atoms with Crippen LogP contribution in [0.1, 0.15) is 41.7 Å². The monoisotopic (exact) mass is 588 g/mol. The Morgan fingerprint density at radius 2 is 1.47 bits per heavy atom. The van der Waals surface area contributed by atoms with E-state index in [-0.39, 0.29) is 17.3 Å². The van der Waals surface area contributed by atoms with Crippen molar-refractivity contribution in [3.8, 4) is 16.5 Å². The number of likely N-dealkylation sites (N-methyl/N-ethyl adjacent to an activating group) is 1. The third-order valence-corrected chi connectivity index (χ3v) is 7.71. The van der Waals surface area contributed by atoms with Crippen LogP contribution < -0.4 is 4.90 Å². The number of aryl methyl sites for hydroxylation is 1. The summed E-state index contributed by atoms with van der Waals surface area (Å²) >= 11 is 4.53. The van der Waals surface area contributed by atoms with Gasteiger partial charge in [0.15, 0.2) is 0 Å². The minimum absolute atomic E-state index is 0.0217. The van der Waals surface area contributed by atoms with Gasteiger partial charge in [-0.3, -0.25) is 4.79 Å². The highest BCUT2D eigenvalue weighted by Gasteiger charge is 2.41. The molecule has 0 aliphatic rings. The summed E-state index contributed by atoms with van der Waals surface area (Å²) in [5.74, 6) is -0.786. The minimum atomic E-state index is -5.05. The molecule has 0 saturated carbocycles. The number of carbonyl (C=O) groups excluding carboxylic acids is 1. The number of benzene rings is 2. The summed E-state index contributed by atoms with van der Waals surface area (Å²) in [6.45, 7) is 4.34. The quantitative estimate of drug-likeness (QED) is 0.287. The fraction of sp³-hybridized carbons (Fsp3) is 0.280. The van der Waals surface area contributed by atoms with Crippen molar-refractivity contribution >= 4 is 38.9 Å². The molecular weight excluding hydrogens is 570 g/mol. The molecule has 0 radical (unpaired) electrons. The second-order valence-electron chi connectivity index (χ2n) is 8.64. The summed E-state index contributed by atoms with van der Waals surface area (Å²) in [6, 6.07) is 10.4. The van der Waals surface area contributed by atoms with E-state index < -0.39 is 40.4 Å². The molecule has 0 fully saturated rings. The van der Waals surface area contributed by atoms with Crippen molar-refractivity contribution in [3.63, 3.8) is 0 Å². The van der Waals surface area contributed by atoms with Crippen LogP contribution >= 0.6 is 27.3 Å². The Labute approximate surface area is 216 Å². The summed E-state index contributed by atoms with van der Waals surface area (Å²) in [4.78, 5) is 15.4. The van der Waals surface area contributed by atoms with Gasteiger partial charge in [-0.05, 0) is 71.6 Å². The number of rotatable bonds is 4. The SMILES string of the molecule is Cc1ccccc1-c1sc(Br)c(C#N)c1N(C)C(=O)C(C)(C)c1cc(C(F)(F)F)cc(C(F)(F)F)c1. The lowest BCUT2D eigenvalue weighted by Gasteiger charge is -2.31. The third-order valence-electron chi connectivity index (χ3n) is 5.83. The van der Waals surface area contributed by atoms with Crippen molar-refractivity contribution in [1.29, 1.82) is 5.26 Å². The van der Waals surface area contributed by atoms with Crippen molar-refractivity contribution in [1.82, 2.24) is 0 Å². The van der Waals surface area contributed by atoms with Gasteiger partial charge in [0.2, 0.25) is 5.91 Å². The van der Waals surface area contributed by atoms with Crippen molar-refractivity contribution in [2.24, 2.45) is 0 Å². The molecule has 0 aliphatic carbocycles. The van der Waals surface area contributed by atoms with Crippen molar-refractivity contribution in [2.75, 3.05) is 11.9 Å². The summed E-state index contributed by atoms with van der Waals surface area (Å²) in [5, 5.41) is 9.77. The van der Waals surface area contributed by atoms with E-state index in [0.717, 1.165) is 16.0 Å². The molecule has 3 aromatic rings. The van der Waals surface area contributed by atoms with E-state index in [9.17, 15) is 36.4 Å². The topological polar surface area (TPSA) is 44.1 Å². The predicted octanol–water partition coefficient (Wildman–Crippen LogP) is 8.34. The molecule has 36 heavy (non-hydrogen) atoms. The first-order chi connectivity index (χ1) is 16.5. The molecule has 1 amide bonds. The molecule has 0 atom stereocenters. The molecule has 3 rings (SSSR count). The van der Waals surface area contributed by atoms with Crippen LogP contribution in [0.2, 0.25) is 0 Å². The van der Waals surface area contributed by atoms with E-state index in [1.54, 1.807) is 12.1 Å². The molecule has 11 heteroatoms. The molecule has 0 aliphatic heterocycles. The van der Waals surface area contributed by atoms with Crippen LogP contribution in [0.25, 0.3) is 10.4 Å². The van der Waals surface area contributed by atoms with Gasteiger partial charge in [-0.15, -0.1) is 11.3 Å². The maximum absolute atomic E-state index is 13.7. The molecule has 0 bridgehead atoms. The van der Waals surface area contributed by atoms with Gasteiger partial charge in [0.1, 0.15) is 11.6 Å². The summed E-state index contributed by atoms with van der Waals surface area (Å²) in [6.07, 6.45) is -10.1. The number of carbonyl (C=O) groups is 1. The number of alkyl halides is 6. The molecule has 0 N–H and O–H groups in total. The Kier molecular flexibility index (Phi) is 7.37. The third kappa shape index (κ3) is 5.15. The maximum atomic E-state index is 13.7. The van der Waals surface area contributed by atoms with Gasteiger partial charge >= 0.3 is 12.4 Å². The predicted molar refractivity (Wildman–Crippen MR) is 130 cm³/mol. The van der Waals surface area contributed by atoms with Crippen LogP contribution in [0, 0.1) is 18.3 Å². The van der Waals surface area contributed by atoms with Crippen LogP contribution in [0.15, 0.2) is 46.3 Å². The van der Waals surface area contributed by atoms with Gasteiger partial charge in [0.05, 0.1) is 30.9 Å². The summed E-state index contributed by atoms with van der Waals surface area (Å²) in [7, 11) is 1.35. The minimum Gasteiger partial charge on any atom is -0.312 e. The number of hydrogen-bond donors (Lipinski definition) is 0. The fourth-order valence-electron chi connectivity index (χ4n) is 3.78. The standard InChI is InChI=1S/C25H19BrF6N2OS/c1-13-7-5-6-8-17(13)20-19(18(12-33)21(26)36-20)34(4)22(35)23(2,3)14-9-15(24(27,28)29)11-16(10-14)25(30,31)32/h5-11H,1-4H3. The highest BCUT2D eigenvalue weighted by atomic mass is 79.9. The van der Waals surface area contributed by atoms with Crippen molar-refractivity contribution < 1.29 is 31.1 Å². The molecule has 190 valence electrons. The zero-order chi connectivity index (χ0) is 27.2. The largest absolute Gasteiger partial charge is 0.416 e. The molecule has 2 aromatic carbocycles. The average molecular weight is 589 g/mol. The van der Waals surface area contributed by atoms with Gasteiger partial charge in [-0.2, -0.15) is 31.6 Å². The van der Waals surface area contributed by atoms with Crippen LogP contribution in [0.5, 0.6) is 0 Å². The molecular formula is C25H19BrF6N2OS. The summed E-state index contributed by atoms with van der Waals surface area (Å²) < 4.78 is 81.0. The van der Waals surface area contributed by atoms with Crippen LogP contribution in [-0.2, 0) is 22.6 Å². The highest BCUT2D eigenvalue weighted by Crippen LogP contribution is 2.47. The van der Waals surface area contributed by atoms with Crippen LogP contribution in [0.3, 0.4) is 0 Å². The maximum Gasteiger partial charge on any atom is 0.416 e. The normalized spacial score (nSPS) is 12.4. The van der Waals surface area contributed by atoms with Gasteiger partial charge in [-0.25, -0.2) is 0 Å². The van der Waals surface area contributed by atoms with E-state index >= 15 is 0 Å². The second-order valence-corrected chi connectivity index (χ2v) is 11.0. The Balaban J connectivity index is 2.19. The number of anilines is 1. The molecule has 0 unspecified atom stereocenters. The van der Waals surface area contributed by atoms with Crippen LogP contribution in [0.4, 0.5) is 32.0 Å². The zero-order valence-corrected chi connectivity index (χ0v) is 21.8. The molecule has 3 nitrogen and oxygen atoms in total. The molecule has 0 spiro atoms. The Morgan fingerprint density at radius 1 is 0.972 bits per heavy atom. The van der Waals surface area contributed by atoms with Gasteiger partial charge in [-0.1, -0.05) is 24.3 Å². The molecule has 1 aromatic heterocycles. The Hall–Kier alpha value is -2.84. The van der Waals surface area contributed by atoms with E-state index in [4.69, 9.17) is 0 Å². The first-order valence-electron chi connectivity index (χ1n) is 10.4. The second kappa shape index (κ2) is 9.56. The Bertz CT molecular complexity index is 1340. The zero-order valence-electron chi connectivity index (χ0n) is 19.4. The highest BCUT2D eigenvalue weighted by molar-refractivity contribution is 9.11. The van der Waals surface area contributed by atoms with Gasteiger partial charge in [0.25, 0.3) is 0 Å². The first kappa shape index (κ1) is 27.7. The average Bonchev–Trinajstić information content (AvgIpc) is 3.12. The van der Waals surface area contributed by atoms with Gasteiger partial charge < -0.3 is 4.90 Å². The number of halogens is 7. The first-order valence-corrected chi connectivity index (χ1v) is 12.0. The number of thiophene rings is 1. The summed E-state index contributed by atoms with van der Waals surface area (Å²) in [5.41, 5.74) is -3.35. The van der Waals surface area contributed by atoms with Gasteiger partial charge in [0, 0.05) is 7.05 Å². The van der Waals surface area contributed by atoms with E-state index in [0.29, 0.717) is 20.8 Å². The lowest BCUT2D eigenvalue weighted by Crippen LogP contribution is -2.42. The van der Waals surface area contributed by atoms with Crippen molar-refractivity contribution in [2.45, 2.75) is 38.5 Å².